The second-order valence-corrected chi connectivity index (χ2v) is 3.20. The van der Waals surface area contributed by atoms with Gasteiger partial charge in [-0.05, 0) is 0 Å². The summed E-state index contributed by atoms with van der Waals surface area (Å²) in [5.41, 5.74) is -0.295. The molecule has 0 N–H and O–H groups in total. The molecule has 0 aliphatic carbocycles. The van der Waals surface area contributed by atoms with Gasteiger partial charge in [0.1, 0.15) is 0 Å². The molecule has 0 aromatic heterocycles. The Kier molecular flexibility index (Phi) is 3.67. The summed E-state index contributed by atoms with van der Waals surface area (Å²) in [6.45, 7) is 5.70. The topological polar surface area (TPSA) is 34.4 Å². The number of amides is 1. The van der Waals surface area contributed by atoms with E-state index < -0.39 is 0 Å². The van der Waals surface area contributed by atoms with Crippen LogP contribution >= 0.6 is 0 Å². The van der Waals surface area contributed by atoms with E-state index in [1.807, 2.05) is 20.8 Å². The van der Waals surface area contributed by atoms with Gasteiger partial charge in [0.15, 0.2) is 0 Å². The van der Waals surface area contributed by atoms with E-state index in [9.17, 15) is 4.79 Å². The summed E-state index contributed by atoms with van der Waals surface area (Å²) >= 11 is 0. The number of likely N-dealkylation sites (N-methyl/N-ethyl adjacent to an activating group) is 1. The number of carbonyl (C=O) groups excluding carboxylic acids is 1. The van der Waals surface area contributed by atoms with Crippen LogP contribution in [0.15, 0.2) is 0 Å². The van der Waals surface area contributed by atoms with Crippen LogP contribution in [0.25, 0.3) is 5.32 Å². The van der Waals surface area contributed by atoms with Gasteiger partial charge in [0.25, 0.3) is 0 Å². The summed E-state index contributed by atoms with van der Waals surface area (Å²) in [6.07, 6.45) is 0. The summed E-state index contributed by atoms with van der Waals surface area (Å²) in [5.74, 6) is 0.116. The number of hydrogen-bond acceptors (Lipinski definition) is 1. The van der Waals surface area contributed by atoms with Crippen LogP contribution in [0.3, 0.4) is 0 Å². The van der Waals surface area contributed by atoms with Crippen molar-refractivity contribution in [1.29, 1.82) is 0 Å². The van der Waals surface area contributed by atoms with Gasteiger partial charge in [-0.3, -0.25) is 4.79 Å². The van der Waals surface area contributed by atoms with Gasteiger partial charge in [0.05, 0.1) is 0 Å². The third-order valence-corrected chi connectivity index (χ3v) is 2.02. The maximum absolute atomic E-state index is 11.2. The summed E-state index contributed by atoms with van der Waals surface area (Å²) < 4.78 is 0. The van der Waals surface area contributed by atoms with Crippen molar-refractivity contribution >= 4 is 5.91 Å². The predicted octanol–water partition coefficient (Wildman–Crippen LogP) is 0.954. The minimum Gasteiger partial charge on any atom is -0.629 e. The van der Waals surface area contributed by atoms with Gasteiger partial charge in [-0.2, -0.15) is 0 Å². The van der Waals surface area contributed by atoms with Crippen molar-refractivity contribution in [2.24, 2.45) is 0 Å². The Morgan fingerprint density at radius 3 is 2.09 bits per heavy atom. The molecule has 11 heavy (non-hydrogen) atoms. The summed E-state index contributed by atoms with van der Waals surface area (Å²) in [5, 5.41) is 4.26. The molecule has 1 aliphatic rings. The molecule has 1 unspecified atom stereocenters. The molecule has 1 heterocycles. The first kappa shape index (κ1) is 11.5. The Balaban J connectivity index is 0.000001000. The minimum absolute atomic E-state index is 0. The average Bonchev–Trinajstić information content (AvgIpc) is 1.95. The van der Waals surface area contributed by atoms with Gasteiger partial charge in [0.2, 0.25) is 5.91 Å². The fraction of sp³-hybridized carbons (Fsp3) is 0.857. The molecular formula is C7H13N2OY+2. The number of hydrogen-bond donors (Lipinski definition) is 0. The monoisotopic (exact) mass is 230 g/mol. The van der Waals surface area contributed by atoms with Crippen LogP contribution in [0.2, 0.25) is 0 Å². The molecule has 0 spiro atoms. The van der Waals surface area contributed by atoms with Crippen LogP contribution in [0.5, 0.6) is 0 Å². The van der Waals surface area contributed by atoms with Crippen LogP contribution in [0, 0.1) is 0 Å². The Morgan fingerprint density at radius 1 is 1.55 bits per heavy atom. The SMILES string of the molecule is CC1[N-]C(C)(C)N(C)C1=O.[Y+3]. The van der Waals surface area contributed by atoms with E-state index in [-0.39, 0.29) is 50.3 Å². The first-order chi connectivity index (χ1) is 4.45. The van der Waals surface area contributed by atoms with Crippen molar-refractivity contribution in [3.8, 4) is 0 Å². The van der Waals surface area contributed by atoms with Gasteiger partial charge in [-0.25, -0.2) is 0 Å². The molecule has 1 saturated heterocycles. The molecule has 1 aliphatic heterocycles. The summed E-state index contributed by atoms with van der Waals surface area (Å²) in [7, 11) is 1.79. The van der Waals surface area contributed by atoms with Crippen LogP contribution < -0.4 is 0 Å². The molecule has 3 nitrogen and oxygen atoms in total. The molecular weight excluding hydrogens is 217 g/mol. The second kappa shape index (κ2) is 3.50. The van der Waals surface area contributed by atoms with Crippen molar-refractivity contribution < 1.29 is 37.5 Å². The van der Waals surface area contributed by atoms with Gasteiger partial charge < -0.3 is 10.2 Å². The standard InChI is InChI=1S/C7H13N2O.Y/c1-5-6(10)9(4)7(2,3)8-5;/h5H,1-4H3;/q-1;+3. The largest absolute Gasteiger partial charge is 3.00 e. The molecule has 1 atom stereocenters. The molecule has 4 heteroatoms. The fourth-order valence-corrected chi connectivity index (χ4v) is 1.17. The van der Waals surface area contributed by atoms with Crippen LogP contribution in [-0.2, 0) is 37.5 Å². The zero-order chi connectivity index (χ0) is 7.94. The van der Waals surface area contributed by atoms with Crippen molar-refractivity contribution in [2.75, 3.05) is 7.05 Å². The normalized spacial score (nSPS) is 28.5. The van der Waals surface area contributed by atoms with Gasteiger partial charge in [-0.1, -0.05) is 32.5 Å². The number of rotatable bonds is 0. The zero-order valence-electron chi connectivity index (χ0n) is 7.46. The Hall–Kier alpha value is 0.534. The Bertz CT molecular complexity index is 170. The van der Waals surface area contributed by atoms with E-state index in [0.29, 0.717) is 0 Å². The van der Waals surface area contributed by atoms with E-state index >= 15 is 0 Å². The molecule has 0 bridgehead atoms. The zero-order valence-corrected chi connectivity index (χ0v) is 10.3. The van der Waals surface area contributed by atoms with Crippen molar-refractivity contribution in [2.45, 2.75) is 32.5 Å². The van der Waals surface area contributed by atoms with Gasteiger partial charge in [0, 0.05) is 7.05 Å². The van der Waals surface area contributed by atoms with Crippen LogP contribution in [0.4, 0.5) is 0 Å². The second-order valence-electron chi connectivity index (χ2n) is 3.20. The van der Waals surface area contributed by atoms with Crippen LogP contribution in [-0.4, -0.2) is 29.6 Å². The fourth-order valence-electron chi connectivity index (χ4n) is 1.17. The molecule has 0 aromatic carbocycles. The van der Waals surface area contributed by atoms with E-state index in [1.54, 1.807) is 11.9 Å². The molecule has 0 saturated carbocycles. The molecule has 1 fully saturated rings. The number of nitrogens with zero attached hydrogens (tertiary/aromatic N) is 2. The van der Waals surface area contributed by atoms with E-state index in [0.717, 1.165) is 0 Å². The third-order valence-electron chi connectivity index (χ3n) is 2.02. The Labute approximate surface area is 92.8 Å². The van der Waals surface area contributed by atoms with Crippen molar-refractivity contribution in [3.63, 3.8) is 0 Å². The van der Waals surface area contributed by atoms with Crippen molar-refractivity contribution in [3.05, 3.63) is 5.32 Å². The molecule has 1 amide bonds. The molecule has 0 aromatic rings. The minimum atomic E-state index is -0.295. The Morgan fingerprint density at radius 2 is 2.00 bits per heavy atom. The summed E-state index contributed by atoms with van der Waals surface area (Å²) in [6, 6.07) is -0.153. The van der Waals surface area contributed by atoms with Crippen molar-refractivity contribution in [1.82, 2.24) is 4.90 Å². The average molecular weight is 230 g/mol. The maximum Gasteiger partial charge on any atom is 3.00 e. The first-order valence-electron chi connectivity index (χ1n) is 3.45. The quantitative estimate of drug-likeness (QED) is 0.610. The molecule has 58 valence electrons. The summed E-state index contributed by atoms with van der Waals surface area (Å²) in [4.78, 5) is 12.8. The third kappa shape index (κ3) is 2.01. The van der Waals surface area contributed by atoms with E-state index in [2.05, 4.69) is 5.32 Å². The molecule has 0 radical (unpaired) electrons. The first-order valence-corrected chi connectivity index (χ1v) is 3.45. The van der Waals surface area contributed by atoms with E-state index in [1.165, 1.54) is 0 Å². The van der Waals surface area contributed by atoms with Gasteiger partial charge >= 0.3 is 32.7 Å². The molecule has 1 rings (SSSR count). The van der Waals surface area contributed by atoms with E-state index in [4.69, 9.17) is 0 Å². The smallest absolute Gasteiger partial charge is 0.629 e. The number of carbonyl (C=O) groups is 1. The van der Waals surface area contributed by atoms with Gasteiger partial charge in [-0.15, -0.1) is 0 Å². The predicted molar refractivity (Wildman–Crippen MR) is 39.7 cm³/mol. The maximum atomic E-state index is 11.2. The van der Waals surface area contributed by atoms with Crippen LogP contribution in [0.1, 0.15) is 20.8 Å².